The van der Waals surface area contributed by atoms with Crippen LogP contribution in [-0.4, -0.2) is 67.4 Å². The summed E-state index contributed by atoms with van der Waals surface area (Å²) in [5, 5.41) is 17.6. The Morgan fingerprint density at radius 3 is 2.59 bits per heavy atom. The zero-order valence-corrected chi connectivity index (χ0v) is 21.6. The van der Waals surface area contributed by atoms with Crippen LogP contribution >= 0.6 is 18.7 Å². The molecule has 0 aromatic rings. The lowest BCUT2D eigenvalue weighted by Gasteiger charge is -2.44. The maximum absolute atomic E-state index is 12.9. The molecule has 3 rings (SSSR count). The number of halogens is 1. The van der Waals surface area contributed by atoms with Crippen molar-refractivity contribution in [2.24, 2.45) is 5.92 Å². The molecule has 5 N–H and O–H groups in total. The van der Waals surface area contributed by atoms with E-state index in [-0.39, 0.29) is 41.5 Å². The Bertz CT molecular complexity index is 689. The number of carbonyl (C=O) groups is 1. The van der Waals surface area contributed by atoms with Crippen LogP contribution in [0.3, 0.4) is 0 Å². The summed E-state index contributed by atoms with van der Waals surface area (Å²) < 4.78 is 12.9. The summed E-state index contributed by atoms with van der Waals surface area (Å²) in [4.78, 5) is 11.8. The number of hydrogen-bond donors (Lipinski definition) is 5. The number of rotatable bonds is 8. The van der Waals surface area contributed by atoms with Crippen molar-refractivity contribution in [2.45, 2.75) is 99.9 Å². The molecule has 0 radical (unpaired) electrons. The molecular formula is C23H43ClN5O2P. The molecule has 0 aromatic heterocycles. The third-order valence-electron chi connectivity index (χ3n) is 7.58. The van der Waals surface area contributed by atoms with Crippen LogP contribution in [0.5, 0.6) is 0 Å². The molecule has 8 atom stereocenters. The molecule has 1 aliphatic heterocycles. The molecule has 8 unspecified atom stereocenters. The summed E-state index contributed by atoms with van der Waals surface area (Å²) in [5.74, 6) is 0.474. The van der Waals surface area contributed by atoms with Crippen LogP contribution in [0.25, 0.3) is 0 Å². The number of carbonyl (C=O) groups excluding carboxylic acids is 1. The Morgan fingerprint density at radius 1 is 1.16 bits per heavy atom. The van der Waals surface area contributed by atoms with E-state index in [9.17, 15) is 9.36 Å². The topological polar surface area (TPSA) is 94.3 Å². The Labute approximate surface area is 199 Å². The molecule has 0 aromatic carbocycles. The van der Waals surface area contributed by atoms with Crippen LogP contribution in [-0.2, 0) is 9.36 Å². The Kier molecular flexibility index (Phi) is 9.66. The summed E-state index contributed by atoms with van der Waals surface area (Å²) in [6.07, 6.45) is 9.76. The maximum atomic E-state index is 12.9. The largest absolute Gasteiger partial charge is 0.350 e. The molecular weight excluding hydrogens is 445 g/mol. The molecule has 2 aliphatic carbocycles. The van der Waals surface area contributed by atoms with Crippen molar-refractivity contribution in [3.05, 3.63) is 12.7 Å². The Morgan fingerprint density at radius 2 is 1.91 bits per heavy atom. The molecule has 9 heteroatoms. The van der Waals surface area contributed by atoms with Gasteiger partial charge in [-0.05, 0) is 57.4 Å². The normalized spacial score (nSPS) is 38.8. The molecule has 0 bridgehead atoms. The lowest BCUT2D eigenvalue weighted by molar-refractivity contribution is -0.117. The number of alkyl halides is 1. The van der Waals surface area contributed by atoms with Crippen LogP contribution in [0.2, 0.25) is 0 Å². The fourth-order valence-corrected chi connectivity index (χ4v) is 7.90. The van der Waals surface area contributed by atoms with E-state index in [4.69, 9.17) is 11.6 Å². The van der Waals surface area contributed by atoms with Crippen molar-refractivity contribution in [1.82, 2.24) is 26.6 Å². The molecule has 184 valence electrons. The Hall–Kier alpha value is -0.430. The van der Waals surface area contributed by atoms with E-state index in [1.54, 1.807) is 0 Å². The molecule has 3 aliphatic rings. The second kappa shape index (κ2) is 11.8. The standard InChI is InChI=1S/C23H43ClN5O2P/c1-5-15-11-12-16(26-21(30)6-2)13-19(15)28-23-25-14-17(24)22(29-23)27-18-9-7-8-10-20(18)32(3,4)31/h6,15-20,22-23,25,27-29H,2,5,7-14H2,1,3-4H3,(H,26,30). The van der Waals surface area contributed by atoms with Crippen molar-refractivity contribution in [2.75, 3.05) is 19.9 Å². The van der Waals surface area contributed by atoms with E-state index in [1.165, 1.54) is 12.5 Å². The van der Waals surface area contributed by atoms with E-state index < -0.39 is 7.14 Å². The van der Waals surface area contributed by atoms with Gasteiger partial charge in [-0.25, -0.2) is 0 Å². The highest BCUT2D eigenvalue weighted by Crippen LogP contribution is 2.49. The third kappa shape index (κ3) is 7.04. The highest BCUT2D eigenvalue weighted by atomic mass is 35.5. The van der Waals surface area contributed by atoms with Crippen molar-refractivity contribution >= 4 is 24.7 Å². The van der Waals surface area contributed by atoms with Crippen LogP contribution in [0.1, 0.15) is 58.3 Å². The van der Waals surface area contributed by atoms with Gasteiger partial charge in [-0.2, -0.15) is 0 Å². The van der Waals surface area contributed by atoms with Gasteiger partial charge in [0.1, 0.15) is 6.29 Å². The van der Waals surface area contributed by atoms with Crippen molar-refractivity contribution in [3.8, 4) is 0 Å². The monoisotopic (exact) mass is 487 g/mol. The molecule has 32 heavy (non-hydrogen) atoms. The van der Waals surface area contributed by atoms with Crippen molar-refractivity contribution in [1.29, 1.82) is 0 Å². The first-order valence-corrected chi connectivity index (χ1v) is 15.4. The quantitative estimate of drug-likeness (QED) is 0.205. The Balaban J connectivity index is 1.60. The van der Waals surface area contributed by atoms with Gasteiger partial charge >= 0.3 is 0 Å². The summed E-state index contributed by atoms with van der Waals surface area (Å²) >= 11 is 6.68. The van der Waals surface area contributed by atoms with Gasteiger partial charge in [0, 0.05) is 30.3 Å². The summed E-state index contributed by atoms with van der Waals surface area (Å²) in [6, 6.07) is 0.708. The number of amides is 1. The van der Waals surface area contributed by atoms with Crippen LogP contribution in [0.4, 0.5) is 0 Å². The first kappa shape index (κ1) is 26.2. The van der Waals surface area contributed by atoms with Crippen LogP contribution in [0, 0.1) is 5.92 Å². The van der Waals surface area contributed by atoms with Crippen LogP contribution < -0.4 is 26.6 Å². The molecule has 1 heterocycles. The first-order chi connectivity index (χ1) is 15.2. The maximum Gasteiger partial charge on any atom is 0.243 e. The lowest BCUT2D eigenvalue weighted by Crippen LogP contribution is -2.71. The summed E-state index contributed by atoms with van der Waals surface area (Å²) in [5.41, 5.74) is 0.222. The molecule has 0 spiro atoms. The smallest absolute Gasteiger partial charge is 0.243 e. The highest BCUT2D eigenvalue weighted by Gasteiger charge is 2.38. The number of nitrogens with one attached hydrogen (secondary N) is 5. The van der Waals surface area contributed by atoms with E-state index in [1.807, 2.05) is 13.3 Å². The molecule has 1 saturated heterocycles. The van der Waals surface area contributed by atoms with Gasteiger partial charge in [-0.15, -0.1) is 11.6 Å². The zero-order valence-electron chi connectivity index (χ0n) is 19.9. The van der Waals surface area contributed by atoms with E-state index >= 15 is 0 Å². The fourth-order valence-electron chi connectivity index (χ4n) is 5.76. The third-order valence-corrected chi connectivity index (χ3v) is 10.2. The molecule has 2 saturated carbocycles. The predicted octanol–water partition coefficient (Wildman–Crippen LogP) is 2.76. The van der Waals surface area contributed by atoms with Gasteiger partial charge in [-0.3, -0.25) is 26.1 Å². The van der Waals surface area contributed by atoms with Crippen molar-refractivity contribution < 1.29 is 9.36 Å². The van der Waals surface area contributed by atoms with Crippen molar-refractivity contribution in [3.63, 3.8) is 0 Å². The predicted molar refractivity (Wildman–Crippen MR) is 134 cm³/mol. The summed E-state index contributed by atoms with van der Waals surface area (Å²) in [7, 11) is -2.17. The van der Waals surface area contributed by atoms with E-state index in [2.05, 4.69) is 40.1 Å². The molecule has 1 amide bonds. The molecule has 3 fully saturated rings. The van der Waals surface area contributed by atoms with Crippen LogP contribution in [0.15, 0.2) is 12.7 Å². The minimum absolute atomic E-state index is 0.0486. The summed E-state index contributed by atoms with van der Waals surface area (Å²) in [6.45, 7) is 10.3. The second-order valence-corrected chi connectivity index (χ2v) is 14.3. The fraction of sp³-hybridized carbons (Fsp3) is 0.870. The average Bonchev–Trinajstić information content (AvgIpc) is 2.76. The van der Waals surface area contributed by atoms with Gasteiger partial charge in [0.15, 0.2) is 0 Å². The molecule has 7 nitrogen and oxygen atoms in total. The highest BCUT2D eigenvalue weighted by molar-refractivity contribution is 7.63. The van der Waals surface area contributed by atoms with E-state index in [0.717, 1.165) is 44.9 Å². The second-order valence-electron chi connectivity index (χ2n) is 10.2. The van der Waals surface area contributed by atoms with Gasteiger partial charge in [-0.1, -0.05) is 32.8 Å². The van der Waals surface area contributed by atoms with Gasteiger partial charge in [0.25, 0.3) is 0 Å². The van der Waals surface area contributed by atoms with Gasteiger partial charge in [0.05, 0.1) is 18.7 Å². The first-order valence-electron chi connectivity index (χ1n) is 12.3. The minimum atomic E-state index is -2.17. The SMILES string of the molecule is C=CC(=O)NC1CCC(CC)C(NC2NCC(Cl)C(NC3CCCCC3P(C)(C)=O)N2)C1. The average molecular weight is 488 g/mol. The zero-order chi connectivity index (χ0) is 23.3. The minimum Gasteiger partial charge on any atom is -0.350 e. The van der Waals surface area contributed by atoms with E-state index in [0.29, 0.717) is 18.5 Å². The van der Waals surface area contributed by atoms with Gasteiger partial charge < -0.3 is 9.88 Å². The lowest BCUT2D eigenvalue weighted by atomic mass is 9.80. The number of hydrogen-bond acceptors (Lipinski definition) is 6. The van der Waals surface area contributed by atoms with Gasteiger partial charge in [0.2, 0.25) is 5.91 Å².